The topological polar surface area (TPSA) is 63.8 Å². The molecule has 0 aliphatic rings. The van der Waals surface area contributed by atoms with Gasteiger partial charge in [-0.3, -0.25) is 4.79 Å². The summed E-state index contributed by atoms with van der Waals surface area (Å²) in [5, 5.41) is 7.43. The third-order valence-corrected chi connectivity index (χ3v) is 5.66. The fraction of sp³-hybridized carbons (Fsp3) is 0.0909. The second kappa shape index (κ2) is 8.51. The molecule has 0 saturated carbocycles. The number of hydrogen-bond acceptors (Lipinski definition) is 5. The summed E-state index contributed by atoms with van der Waals surface area (Å²) in [5.74, 6) is 1.63. The summed E-state index contributed by atoms with van der Waals surface area (Å²) in [4.78, 5) is 12.3. The van der Waals surface area contributed by atoms with E-state index < -0.39 is 0 Å². The standard InChI is InChI=1S/C22H17ClN2O3S/c1-14-10-15(8-9-20(14)23)27-12-17-7-6-16(28-17)11-24-25-22(26)19-13-29-21-5-3-2-4-18(19)21/h2-11,13H,12H2,1H3,(H,25,26). The molecule has 2 aromatic heterocycles. The van der Waals surface area contributed by atoms with Crippen LogP contribution in [0.2, 0.25) is 5.02 Å². The van der Waals surface area contributed by atoms with Gasteiger partial charge in [0, 0.05) is 20.5 Å². The minimum atomic E-state index is -0.257. The van der Waals surface area contributed by atoms with Crippen LogP contribution in [0.5, 0.6) is 5.75 Å². The van der Waals surface area contributed by atoms with E-state index in [0.717, 1.165) is 15.6 Å². The Balaban J connectivity index is 1.34. The van der Waals surface area contributed by atoms with Crippen LogP contribution in [-0.2, 0) is 6.61 Å². The third kappa shape index (κ3) is 4.50. The summed E-state index contributed by atoms with van der Waals surface area (Å²) >= 11 is 7.54. The fourth-order valence-electron chi connectivity index (χ4n) is 2.77. The van der Waals surface area contributed by atoms with Crippen LogP contribution >= 0.6 is 22.9 Å². The van der Waals surface area contributed by atoms with Crippen molar-refractivity contribution in [2.75, 3.05) is 0 Å². The zero-order chi connectivity index (χ0) is 20.2. The molecule has 0 atom stereocenters. The highest BCUT2D eigenvalue weighted by molar-refractivity contribution is 7.17. The fourth-order valence-corrected chi connectivity index (χ4v) is 3.83. The first-order valence-corrected chi connectivity index (χ1v) is 10.1. The smallest absolute Gasteiger partial charge is 0.272 e. The van der Waals surface area contributed by atoms with Crippen LogP contribution in [0.1, 0.15) is 27.4 Å². The number of thiophene rings is 1. The maximum absolute atomic E-state index is 12.3. The monoisotopic (exact) mass is 424 g/mol. The number of benzene rings is 2. The van der Waals surface area contributed by atoms with Gasteiger partial charge < -0.3 is 9.15 Å². The number of ether oxygens (including phenoxy) is 1. The van der Waals surface area contributed by atoms with Crippen molar-refractivity contribution in [2.45, 2.75) is 13.5 Å². The lowest BCUT2D eigenvalue weighted by atomic mass is 10.2. The number of aryl methyl sites for hydroxylation is 1. The highest BCUT2D eigenvalue weighted by Crippen LogP contribution is 2.25. The van der Waals surface area contributed by atoms with E-state index >= 15 is 0 Å². The first kappa shape index (κ1) is 19.2. The molecule has 0 radical (unpaired) electrons. The van der Waals surface area contributed by atoms with Crippen molar-refractivity contribution in [2.24, 2.45) is 5.10 Å². The SMILES string of the molecule is Cc1cc(OCc2ccc(C=NNC(=O)c3csc4ccccc34)o2)ccc1Cl. The van der Waals surface area contributed by atoms with Crippen molar-refractivity contribution < 1.29 is 13.9 Å². The van der Waals surface area contributed by atoms with Crippen LogP contribution in [0.15, 0.2) is 69.5 Å². The van der Waals surface area contributed by atoms with Gasteiger partial charge in [-0.2, -0.15) is 5.10 Å². The van der Waals surface area contributed by atoms with Gasteiger partial charge in [-0.15, -0.1) is 11.3 Å². The van der Waals surface area contributed by atoms with Crippen LogP contribution in [0.25, 0.3) is 10.1 Å². The van der Waals surface area contributed by atoms with Gasteiger partial charge in [-0.25, -0.2) is 5.43 Å². The molecule has 5 nitrogen and oxygen atoms in total. The number of nitrogens with one attached hydrogen (secondary N) is 1. The summed E-state index contributed by atoms with van der Waals surface area (Å²) < 4.78 is 12.4. The molecule has 146 valence electrons. The number of furan rings is 1. The first-order chi connectivity index (χ1) is 14.1. The second-order valence-corrected chi connectivity index (χ2v) is 7.67. The van der Waals surface area contributed by atoms with Crippen molar-refractivity contribution >= 4 is 45.1 Å². The highest BCUT2D eigenvalue weighted by atomic mass is 35.5. The molecule has 4 aromatic rings. The molecule has 7 heteroatoms. The summed E-state index contributed by atoms with van der Waals surface area (Å²) in [6.07, 6.45) is 1.46. The van der Waals surface area contributed by atoms with Crippen LogP contribution in [0.3, 0.4) is 0 Å². The minimum absolute atomic E-state index is 0.257. The van der Waals surface area contributed by atoms with Gasteiger partial charge in [-0.1, -0.05) is 29.8 Å². The summed E-state index contributed by atoms with van der Waals surface area (Å²) in [7, 11) is 0. The van der Waals surface area contributed by atoms with Crippen LogP contribution in [0, 0.1) is 6.92 Å². The van der Waals surface area contributed by atoms with E-state index in [-0.39, 0.29) is 12.5 Å². The maximum Gasteiger partial charge on any atom is 0.272 e. The summed E-state index contributed by atoms with van der Waals surface area (Å²) in [6.45, 7) is 2.20. The predicted octanol–water partition coefficient (Wildman–Crippen LogP) is 5.80. The van der Waals surface area contributed by atoms with E-state index in [9.17, 15) is 4.79 Å². The van der Waals surface area contributed by atoms with Crippen molar-refractivity contribution in [3.05, 3.63) is 87.6 Å². The Labute approximate surface area is 176 Å². The molecule has 4 rings (SSSR count). The lowest BCUT2D eigenvalue weighted by Crippen LogP contribution is -2.17. The molecule has 1 N–H and O–H groups in total. The number of nitrogens with zero attached hydrogens (tertiary/aromatic N) is 1. The van der Waals surface area contributed by atoms with Gasteiger partial charge in [-0.05, 0) is 48.9 Å². The zero-order valence-corrected chi connectivity index (χ0v) is 17.1. The Morgan fingerprint density at radius 2 is 2.10 bits per heavy atom. The minimum Gasteiger partial charge on any atom is -0.486 e. The average molecular weight is 425 g/mol. The Hall–Kier alpha value is -3.09. The third-order valence-electron chi connectivity index (χ3n) is 4.28. The van der Waals surface area contributed by atoms with Crippen molar-refractivity contribution in [3.63, 3.8) is 0 Å². The van der Waals surface area contributed by atoms with Crippen LogP contribution in [-0.4, -0.2) is 12.1 Å². The number of rotatable bonds is 6. The first-order valence-electron chi connectivity index (χ1n) is 8.87. The van der Waals surface area contributed by atoms with Gasteiger partial charge in [0.15, 0.2) is 0 Å². The summed E-state index contributed by atoms with van der Waals surface area (Å²) in [6, 6.07) is 16.8. The lowest BCUT2D eigenvalue weighted by Gasteiger charge is -2.05. The largest absolute Gasteiger partial charge is 0.486 e. The number of hydrogen-bond donors (Lipinski definition) is 1. The van der Waals surface area contributed by atoms with Crippen LogP contribution in [0.4, 0.5) is 0 Å². The van der Waals surface area contributed by atoms with Crippen molar-refractivity contribution in [3.8, 4) is 5.75 Å². The zero-order valence-electron chi connectivity index (χ0n) is 15.5. The normalized spacial score (nSPS) is 11.2. The summed E-state index contributed by atoms with van der Waals surface area (Å²) in [5.41, 5.74) is 4.09. The second-order valence-electron chi connectivity index (χ2n) is 6.35. The molecular weight excluding hydrogens is 408 g/mol. The predicted molar refractivity (Wildman–Crippen MR) is 116 cm³/mol. The quantitative estimate of drug-likeness (QED) is 0.314. The highest BCUT2D eigenvalue weighted by Gasteiger charge is 2.11. The Morgan fingerprint density at radius 3 is 2.97 bits per heavy atom. The lowest BCUT2D eigenvalue weighted by molar-refractivity contribution is 0.0957. The van der Waals surface area contributed by atoms with E-state index in [4.69, 9.17) is 20.8 Å². The maximum atomic E-state index is 12.3. The molecule has 0 fully saturated rings. The number of halogens is 1. The van der Waals surface area contributed by atoms with Crippen molar-refractivity contribution in [1.29, 1.82) is 0 Å². The number of hydrazone groups is 1. The van der Waals surface area contributed by atoms with E-state index in [1.165, 1.54) is 17.6 Å². The molecule has 0 unspecified atom stereocenters. The van der Waals surface area contributed by atoms with Gasteiger partial charge in [0.2, 0.25) is 0 Å². The van der Waals surface area contributed by atoms with Gasteiger partial charge in [0.1, 0.15) is 23.9 Å². The van der Waals surface area contributed by atoms with Crippen molar-refractivity contribution in [1.82, 2.24) is 5.43 Å². The number of carbonyl (C=O) groups is 1. The van der Waals surface area contributed by atoms with Crippen LogP contribution < -0.4 is 10.2 Å². The molecule has 0 aliphatic heterocycles. The Morgan fingerprint density at radius 1 is 1.24 bits per heavy atom. The average Bonchev–Trinajstić information content (AvgIpc) is 3.36. The Bertz CT molecular complexity index is 1200. The molecule has 0 bridgehead atoms. The van der Waals surface area contributed by atoms with E-state index in [1.54, 1.807) is 18.2 Å². The van der Waals surface area contributed by atoms with E-state index in [1.807, 2.05) is 48.7 Å². The molecule has 0 aliphatic carbocycles. The molecular formula is C22H17ClN2O3S. The van der Waals surface area contributed by atoms with E-state index in [0.29, 0.717) is 27.9 Å². The molecule has 0 spiro atoms. The number of amides is 1. The van der Waals surface area contributed by atoms with E-state index in [2.05, 4.69) is 10.5 Å². The molecule has 1 amide bonds. The molecule has 0 saturated heterocycles. The molecule has 2 aromatic carbocycles. The Kier molecular flexibility index (Phi) is 5.64. The number of carbonyl (C=O) groups excluding carboxylic acids is 1. The van der Waals surface area contributed by atoms with Gasteiger partial charge in [0.25, 0.3) is 5.91 Å². The molecule has 2 heterocycles. The van der Waals surface area contributed by atoms with Gasteiger partial charge >= 0.3 is 0 Å². The molecule has 29 heavy (non-hydrogen) atoms. The number of fused-ring (bicyclic) bond motifs is 1. The van der Waals surface area contributed by atoms with Gasteiger partial charge in [0.05, 0.1) is 11.8 Å².